The highest BCUT2D eigenvalue weighted by Gasteiger charge is 2.31. The van der Waals surface area contributed by atoms with Crippen molar-refractivity contribution in [3.8, 4) is 11.3 Å². The minimum absolute atomic E-state index is 0. The van der Waals surface area contributed by atoms with Crippen LogP contribution in [0.2, 0.25) is 0 Å². The van der Waals surface area contributed by atoms with Crippen LogP contribution in [0.15, 0.2) is 72.8 Å². The summed E-state index contributed by atoms with van der Waals surface area (Å²) in [5, 5.41) is 13.4. The highest BCUT2D eigenvalue weighted by atomic mass is 35.5. The van der Waals surface area contributed by atoms with Gasteiger partial charge in [0.25, 0.3) is 0 Å². The van der Waals surface area contributed by atoms with Crippen molar-refractivity contribution in [2.45, 2.75) is 19.1 Å². The molecule has 1 aliphatic heterocycles. The van der Waals surface area contributed by atoms with Crippen LogP contribution in [-0.2, 0) is 6.18 Å². The summed E-state index contributed by atoms with van der Waals surface area (Å²) in [6, 6.07) is 17.7. The SMILES string of the molecule is C[C@H]1CN(C(=O)Nc2ccc(C(F)(F)F)cc2)CCN1c1nnc(-c2ccc(F)cc2)c2ccccc12.Cl. The van der Waals surface area contributed by atoms with Crippen LogP contribution in [0.4, 0.5) is 33.9 Å². The summed E-state index contributed by atoms with van der Waals surface area (Å²) in [6.45, 7) is 3.26. The number of aromatic nitrogens is 2. The van der Waals surface area contributed by atoms with E-state index in [9.17, 15) is 22.4 Å². The van der Waals surface area contributed by atoms with E-state index >= 15 is 0 Å². The maximum Gasteiger partial charge on any atom is 0.416 e. The van der Waals surface area contributed by atoms with E-state index in [0.29, 0.717) is 36.8 Å². The second kappa shape index (κ2) is 10.8. The summed E-state index contributed by atoms with van der Waals surface area (Å²) < 4.78 is 51.8. The first-order valence-electron chi connectivity index (χ1n) is 11.7. The molecule has 0 aliphatic carbocycles. The first-order chi connectivity index (χ1) is 17.7. The van der Waals surface area contributed by atoms with Gasteiger partial charge in [-0.25, -0.2) is 9.18 Å². The summed E-state index contributed by atoms with van der Waals surface area (Å²) in [6.07, 6.45) is -4.43. The maximum atomic E-state index is 13.4. The van der Waals surface area contributed by atoms with E-state index in [2.05, 4.69) is 20.4 Å². The quantitative estimate of drug-likeness (QED) is 0.294. The van der Waals surface area contributed by atoms with Gasteiger partial charge in [-0.15, -0.1) is 22.6 Å². The Labute approximate surface area is 222 Å². The third kappa shape index (κ3) is 5.50. The molecule has 1 atom stereocenters. The van der Waals surface area contributed by atoms with Crippen molar-refractivity contribution >= 4 is 40.7 Å². The largest absolute Gasteiger partial charge is 0.416 e. The molecule has 6 nitrogen and oxygen atoms in total. The topological polar surface area (TPSA) is 61.4 Å². The smallest absolute Gasteiger partial charge is 0.348 e. The van der Waals surface area contributed by atoms with E-state index < -0.39 is 11.7 Å². The first-order valence-corrected chi connectivity index (χ1v) is 11.7. The van der Waals surface area contributed by atoms with Crippen molar-refractivity contribution < 1.29 is 22.4 Å². The summed E-state index contributed by atoms with van der Waals surface area (Å²) in [5.74, 6) is 0.364. The molecule has 5 rings (SSSR count). The van der Waals surface area contributed by atoms with Gasteiger partial charge in [0.15, 0.2) is 5.82 Å². The highest BCUT2D eigenvalue weighted by Crippen LogP contribution is 2.33. The average molecular weight is 546 g/mol. The number of anilines is 2. The third-order valence-corrected chi connectivity index (χ3v) is 6.44. The number of benzene rings is 3. The molecule has 0 bridgehead atoms. The second-order valence-electron chi connectivity index (χ2n) is 8.92. The first kappa shape index (κ1) is 27.1. The average Bonchev–Trinajstić information content (AvgIpc) is 2.88. The lowest BCUT2D eigenvalue weighted by atomic mass is 10.0. The number of nitrogens with zero attached hydrogens (tertiary/aromatic N) is 4. The normalized spacial score (nSPS) is 15.8. The van der Waals surface area contributed by atoms with Crippen LogP contribution in [0.3, 0.4) is 0 Å². The number of halogens is 5. The van der Waals surface area contributed by atoms with Gasteiger partial charge in [-0.2, -0.15) is 13.2 Å². The van der Waals surface area contributed by atoms with E-state index in [-0.39, 0.29) is 30.3 Å². The molecule has 1 N–H and O–H groups in total. The lowest BCUT2D eigenvalue weighted by Crippen LogP contribution is -2.55. The molecule has 2 heterocycles. The molecule has 1 saturated heterocycles. The number of amides is 2. The lowest BCUT2D eigenvalue weighted by molar-refractivity contribution is -0.137. The maximum absolute atomic E-state index is 13.4. The Morgan fingerprint density at radius 2 is 1.58 bits per heavy atom. The standard InChI is InChI=1S/C27H23F4N5O.ClH/c1-17-16-35(26(37)32-21-12-8-19(9-13-21)27(29,30)31)14-15-36(17)25-23-5-3-2-4-22(23)24(33-34-25)18-6-10-20(28)11-7-18;/h2-13,17H,14-16H2,1H3,(H,32,37);1H/t17-;/m0./s1. The predicted octanol–water partition coefficient (Wildman–Crippen LogP) is 6.62. The monoisotopic (exact) mass is 545 g/mol. The Bertz CT molecular complexity index is 1430. The molecule has 0 radical (unpaired) electrons. The van der Waals surface area contributed by atoms with E-state index in [4.69, 9.17) is 0 Å². The molecule has 0 saturated carbocycles. The predicted molar refractivity (Wildman–Crippen MR) is 141 cm³/mol. The van der Waals surface area contributed by atoms with Crippen molar-refractivity contribution in [3.05, 3.63) is 84.2 Å². The summed E-state index contributed by atoms with van der Waals surface area (Å²) >= 11 is 0. The number of hydrogen-bond acceptors (Lipinski definition) is 4. The fourth-order valence-corrected chi connectivity index (χ4v) is 4.52. The molecule has 1 aromatic heterocycles. The molecule has 198 valence electrons. The minimum atomic E-state index is -4.43. The van der Waals surface area contributed by atoms with Gasteiger partial charge < -0.3 is 15.1 Å². The van der Waals surface area contributed by atoms with Crippen molar-refractivity contribution in [1.29, 1.82) is 0 Å². The number of nitrogens with one attached hydrogen (secondary N) is 1. The van der Waals surface area contributed by atoms with Crippen LogP contribution >= 0.6 is 12.4 Å². The Balaban J connectivity index is 0.00000336. The summed E-state index contributed by atoms with van der Waals surface area (Å²) in [7, 11) is 0. The Morgan fingerprint density at radius 3 is 2.21 bits per heavy atom. The van der Waals surface area contributed by atoms with E-state index in [1.165, 1.54) is 24.3 Å². The molecule has 0 unspecified atom stereocenters. The van der Waals surface area contributed by atoms with Crippen LogP contribution in [0.1, 0.15) is 12.5 Å². The zero-order chi connectivity index (χ0) is 26.2. The number of alkyl halides is 3. The molecule has 11 heteroatoms. The molecular formula is C27H24ClF4N5O. The van der Waals surface area contributed by atoms with E-state index in [0.717, 1.165) is 28.5 Å². The van der Waals surface area contributed by atoms with E-state index in [1.807, 2.05) is 31.2 Å². The molecule has 1 aliphatic rings. The Hall–Kier alpha value is -3.92. The summed E-state index contributed by atoms with van der Waals surface area (Å²) in [5.41, 5.74) is 0.934. The Kier molecular flexibility index (Phi) is 7.73. The van der Waals surface area contributed by atoms with Crippen LogP contribution in [0.5, 0.6) is 0 Å². The fraction of sp³-hybridized carbons (Fsp3) is 0.222. The number of hydrogen-bond donors (Lipinski definition) is 1. The van der Waals surface area contributed by atoms with Gasteiger partial charge in [0, 0.05) is 47.7 Å². The minimum Gasteiger partial charge on any atom is -0.348 e. The zero-order valence-electron chi connectivity index (χ0n) is 20.2. The van der Waals surface area contributed by atoms with Crippen molar-refractivity contribution in [1.82, 2.24) is 15.1 Å². The van der Waals surface area contributed by atoms with Crippen LogP contribution in [0, 0.1) is 5.82 Å². The fourth-order valence-electron chi connectivity index (χ4n) is 4.52. The Morgan fingerprint density at radius 1 is 0.921 bits per heavy atom. The van der Waals surface area contributed by atoms with Gasteiger partial charge in [-0.1, -0.05) is 24.3 Å². The van der Waals surface area contributed by atoms with Gasteiger partial charge in [-0.3, -0.25) is 0 Å². The molecule has 38 heavy (non-hydrogen) atoms. The van der Waals surface area contributed by atoms with Gasteiger partial charge in [0.1, 0.15) is 11.5 Å². The van der Waals surface area contributed by atoms with Crippen molar-refractivity contribution in [3.63, 3.8) is 0 Å². The highest BCUT2D eigenvalue weighted by molar-refractivity contribution is 6.00. The number of carbonyl (C=O) groups excluding carboxylic acids is 1. The molecule has 0 spiro atoms. The second-order valence-corrected chi connectivity index (χ2v) is 8.92. The summed E-state index contributed by atoms with van der Waals surface area (Å²) in [4.78, 5) is 16.5. The molecule has 3 aromatic carbocycles. The van der Waals surface area contributed by atoms with Gasteiger partial charge in [0.2, 0.25) is 0 Å². The zero-order valence-corrected chi connectivity index (χ0v) is 21.1. The molecule has 2 amide bonds. The number of fused-ring (bicyclic) bond motifs is 1. The number of urea groups is 1. The molecule has 1 fully saturated rings. The van der Waals surface area contributed by atoms with Crippen LogP contribution < -0.4 is 10.2 Å². The van der Waals surface area contributed by atoms with Gasteiger partial charge in [0.05, 0.1) is 5.56 Å². The van der Waals surface area contributed by atoms with Gasteiger partial charge >= 0.3 is 12.2 Å². The van der Waals surface area contributed by atoms with E-state index in [1.54, 1.807) is 17.0 Å². The van der Waals surface area contributed by atoms with Crippen molar-refractivity contribution in [2.75, 3.05) is 29.9 Å². The number of carbonyl (C=O) groups is 1. The molecular weight excluding hydrogens is 522 g/mol. The van der Waals surface area contributed by atoms with Crippen LogP contribution in [0.25, 0.3) is 22.0 Å². The number of piperazine rings is 1. The van der Waals surface area contributed by atoms with Crippen molar-refractivity contribution in [2.24, 2.45) is 0 Å². The number of rotatable bonds is 3. The van der Waals surface area contributed by atoms with Gasteiger partial charge in [-0.05, 0) is 55.5 Å². The van der Waals surface area contributed by atoms with Crippen LogP contribution in [-0.4, -0.2) is 46.8 Å². The molecule has 4 aromatic rings. The third-order valence-electron chi connectivity index (χ3n) is 6.44. The lowest BCUT2D eigenvalue weighted by Gasteiger charge is -2.40.